The quantitative estimate of drug-likeness (QED) is 0.298. The zero-order valence-electron chi connectivity index (χ0n) is 15.8. The van der Waals surface area contributed by atoms with Crippen LogP contribution in [0, 0.1) is 0 Å². The first-order valence-corrected chi connectivity index (χ1v) is 9.05. The Morgan fingerprint density at radius 2 is 1.79 bits per heavy atom. The Hall–Kier alpha value is -2.82. The van der Waals surface area contributed by atoms with E-state index in [1.165, 1.54) is 0 Å². The zero-order chi connectivity index (χ0) is 19.9. The molecule has 0 aromatic carbocycles. The molecule has 0 fully saturated rings. The third-order valence-electron chi connectivity index (χ3n) is 3.26. The number of nitrogens with one attached hydrogen (secondary N) is 2. The highest BCUT2D eigenvalue weighted by molar-refractivity contribution is 5.36. The van der Waals surface area contributed by atoms with E-state index >= 15 is 0 Å². The second-order valence-corrected chi connectivity index (χ2v) is 5.48. The molecule has 0 amide bonds. The number of pyridine rings is 1. The summed E-state index contributed by atoms with van der Waals surface area (Å²) in [4.78, 5) is 17.1. The van der Waals surface area contributed by atoms with Gasteiger partial charge < -0.3 is 30.6 Å². The van der Waals surface area contributed by atoms with Gasteiger partial charge in [0, 0.05) is 19.3 Å². The summed E-state index contributed by atoms with van der Waals surface area (Å²) >= 11 is 0. The second-order valence-electron chi connectivity index (χ2n) is 5.48. The fourth-order valence-electron chi connectivity index (χ4n) is 2.03. The van der Waals surface area contributed by atoms with E-state index in [4.69, 9.17) is 19.9 Å². The maximum atomic E-state index is 5.46. The summed E-state index contributed by atoms with van der Waals surface area (Å²) in [5.41, 5.74) is 6.22. The number of rotatable bonds is 15. The Morgan fingerprint density at radius 3 is 2.50 bits per heavy atom. The van der Waals surface area contributed by atoms with Gasteiger partial charge in [0.1, 0.15) is 6.61 Å². The minimum Gasteiger partial charge on any atom is -0.459 e. The topological polar surface area (TPSA) is 129 Å². The van der Waals surface area contributed by atoms with Crippen molar-refractivity contribution in [2.24, 2.45) is 5.73 Å². The van der Waals surface area contributed by atoms with Crippen molar-refractivity contribution in [3.8, 4) is 6.01 Å². The van der Waals surface area contributed by atoms with E-state index in [0.29, 0.717) is 64.6 Å². The molecule has 0 spiro atoms. The molecular weight excluding hydrogens is 362 g/mol. The normalized spacial score (nSPS) is 10.5. The van der Waals surface area contributed by atoms with Crippen LogP contribution >= 0.6 is 0 Å². The molecule has 28 heavy (non-hydrogen) atoms. The molecule has 0 radical (unpaired) electrons. The number of anilines is 2. The summed E-state index contributed by atoms with van der Waals surface area (Å²) in [6.45, 7) is 7.49. The molecule has 0 unspecified atom stereocenters. The van der Waals surface area contributed by atoms with Crippen LogP contribution in [-0.4, -0.2) is 66.1 Å². The van der Waals surface area contributed by atoms with Crippen LogP contribution in [0.1, 0.15) is 5.69 Å². The molecule has 0 atom stereocenters. The van der Waals surface area contributed by atoms with Gasteiger partial charge >= 0.3 is 6.01 Å². The van der Waals surface area contributed by atoms with Gasteiger partial charge in [-0.05, 0) is 12.1 Å². The molecule has 0 aliphatic heterocycles. The van der Waals surface area contributed by atoms with Crippen molar-refractivity contribution >= 4 is 11.9 Å². The number of hydrogen-bond acceptors (Lipinski definition) is 10. The standard InChI is InChI=1S/C18H27N7O3/c1-2-9-28-18-24-16(21-8-11-27-13-12-26-10-6-19)23-17(25-18)22-14-15-5-3-4-7-20-15/h2-5,7H,1,6,8-14,19H2,(H2,21,22,23,24,25). The fourth-order valence-corrected chi connectivity index (χ4v) is 2.03. The number of nitrogens with zero attached hydrogens (tertiary/aromatic N) is 4. The molecule has 0 saturated heterocycles. The van der Waals surface area contributed by atoms with Crippen LogP contribution in [0.5, 0.6) is 6.01 Å². The molecule has 152 valence electrons. The van der Waals surface area contributed by atoms with Gasteiger partial charge in [-0.2, -0.15) is 15.0 Å². The van der Waals surface area contributed by atoms with Gasteiger partial charge in [-0.3, -0.25) is 4.98 Å². The third kappa shape index (κ3) is 8.71. The van der Waals surface area contributed by atoms with E-state index in [9.17, 15) is 0 Å². The Morgan fingerprint density at radius 1 is 1.00 bits per heavy atom. The maximum absolute atomic E-state index is 5.46. The summed E-state index contributed by atoms with van der Waals surface area (Å²) in [5, 5.41) is 6.21. The van der Waals surface area contributed by atoms with Gasteiger partial charge in [-0.25, -0.2) is 0 Å². The predicted octanol–water partition coefficient (Wildman–Crippen LogP) is 0.847. The van der Waals surface area contributed by atoms with E-state index in [0.717, 1.165) is 5.69 Å². The van der Waals surface area contributed by atoms with Crippen LogP contribution < -0.4 is 21.1 Å². The Bertz CT molecular complexity index is 688. The number of aromatic nitrogens is 4. The highest BCUT2D eigenvalue weighted by Crippen LogP contribution is 2.12. The van der Waals surface area contributed by atoms with Crippen molar-refractivity contribution in [3.63, 3.8) is 0 Å². The van der Waals surface area contributed by atoms with Gasteiger partial charge in [0.2, 0.25) is 11.9 Å². The maximum Gasteiger partial charge on any atom is 0.323 e. The lowest BCUT2D eigenvalue weighted by Crippen LogP contribution is -2.16. The van der Waals surface area contributed by atoms with Crippen LogP contribution in [0.3, 0.4) is 0 Å². The summed E-state index contributed by atoms with van der Waals surface area (Å²) in [5.74, 6) is 0.777. The van der Waals surface area contributed by atoms with Crippen molar-refractivity contribution in [2.45, 2.75) is 6.54 Å². The Kier molecular flexibility index (Phi) is 10.3. The molecule has 0 bridgehead atoms. The highest BCUT2D eigenvalue weighted by atomic mass is 16.5. The SMILES string of the molecule is C=CCOc1nc(NCCOCCOCCN)nc(NCc2ccccn2)n1. The monoisotopic (exact) mass is 389 g/mol. The summed E-state index contributed by atoms with van der Waals surface area (Å²) in [7, 11) is 0. The first-order chi connectivity index (χ1) is 13.8. The highest BCUT2D eigenvalue weighted by Gasteiger charge is 2.07. The first-order valence-electron chi connectivity index (χ1n) is 9.05. The predicted molar refractivity (Wildman–Crippen MR) is 106 cm³/mol. The minimum absolute atomic E-state index is 0.206. The van der Waals surface area contributed by atoms with E-state index in [2.05, 4.69) is 37.1 Å². The number of ether oxygens (including phenoxy) is 3. The van der Waals surface area contributed by atoms with E-state index in [-0.39, 0.29) is 6.01 Å². The lowest BCUT2D eigenvalue weighted by Gasteiger charge is -2.10. The smallest absolute Gasteiger partial charge is 0.323 e. The average molecular weight is 389 g/mol. The summed E-state index contributed by atoms with van der Waals surface area (Å²) < 4.78 is 16.1. The molecule has 2 heterocycles. The minimum atomic E-state index is 0.206. The average Bonchev–Trinajstić information content (AvgIpc) is 2.73. The van der Waals surface area contributed by atoms with Gasteiger partial charge in [-0.1, -0.05) is 18.7 Å². The van der Waals surface area contributed by atoms with Gasteiger partial charge in [0.15, 0.2) is 0 Å². The zero-order valence-corrected chi connectivity index (χ0v) is 15.8. The van der Waals surface area contributed by atoms with Gasteiger partial charge in [0.05, 0.1) is 38.7 Å². The number of hydrogen-bond donors (Lipinski definition) is 3. The molecule has 0 aliphatic carbocycles. The third-order valence-corrected chi connectivity index (χ3v) is 3.26. The van der Waals surface area contributed by atoms with Crippen LogP contribution in [0.4, 0.5) is 11.9 Å². The second kappa shape index (κ2) is 13.4. The van der Waals surface area contributed by atoms with Crippen LogP contribution in [0.2, 0.25) is 0 Å². The molecular formula is C18H27N7O3. The fraction of sp³-hybridized carbons (Fsp3) is 0.444. The van der Waals surface area contributed by atoms with E-state index < -0.39 is 0 Å². The molecule has 2 aromatic rings. The van der Waals surface area contributed by atoms with Crippen LogP contribution in [0.25, 0.3) is 0 Å². The molecule has 0 saturated carbocycles. The first kappa shape index (κ1) is 21.5. The lowest BCUT2D eigenvalue weighted by atomic mass is 10.3. The molecule has 2 rings (SSSR count). The molecule has 4 N–H and O–H groups in total. The van der Waals surface area contributed by atoms with E-state index in [1.807, 2.05) is 18.2 Å². The summed E-state index contributed by atoms with van der Waals surface area (Å²) in [6.07, 6.45) is 3.36. The van der Waals surface area contributed by atoms with Crippen molar-refractivity contribution < 1.29 is 14.2 Å². The summed E-state index contributed by atoms with van der Waals surface area (Å²) in [6, 6.07) is 5.90. The van der Waals surface area contributed by atoms with Crippen molar-refractivity contribution in [1.29, 1.82) is 0 Å². The van der Waals surface area contributed by atoms with Crippen molar-refractivity contribution in [2.75, 3.05) is 56.8 Å². The molecule has 0 aliphatic rings. The molecule has 2 aromatic heterocycles. The van der Waals surface area contributed by atoms with Crippen molar-refractivity contribution in [1.82, 2.24) is 19.9 Å². The Balaban J connectivity index is 1.84. The lowest BCUT2D eigenvalue weighted by molar-refractivity contribution is 0.0547. The number of nitrogens with two attached hydrogens (primary N) is 1. The van der Waals surface area contributed by atoms with Crippen LogP contribution in [0.15, 0.2) is 37.1 Å². The Labute approximate surface area is 164 Å². The van der Waals surface area contributed by atoms with E-state index in [1.54, 1.807) is 12.3 Å². The molecule has 10 nitrogen and oxygen atoms in total. The van der Waals surface area contributed by atoms with Crippen LogP contribution in [-0.2, 0) is 16.0 Å². The molecule has 10 heteroatoms. The van der Waals surface area contributed by atoms with Gasteiger partial charge in [-0.15, -0.1) is 0 Å². The van der Waals surface area contributed by atoms with Gasteiger partial charge in [0.25, 0.3) is 0 Å². The van der Waals surface area contributed by atoms with Crippen molar-refractivity contribution in [3.05, 3.63) is 42.7 Å². The largest absolute Gasteiger partial charge is 0.459 e.